The van der Waals surface area contributed by atoms with Gasteiger partial charge in [0.25, 0.3) is 0 Å². The minimum Gasteiger partial charge on any atom is -0.349 e. The van der Waals surface area contributed by atoms with Crippen molar-refractivity contribution in [3.63, 3.8) is 0 Å². The van der Waals surface area contributed by atoms with Crippen molar-refractivity contribution in [1.29, 1.82) is 0 Å². The van der Waals surface area contributed by atoms with Gasteiger partial charge in [0.1, 0.15) is 5.82 Å². The lowest BCUT2D eigenvalue weighted by Crippen LogP contribution is -2.28. The molecule has 0 aromatic carbocycles. The third kappa shape index (κ3) is 5.10. The molecule has 0 saturated carbocycles. The summed E-state index contributed by atoms with van der Waals surface area (Å²) in [5.41, 5.74) is 0.973. The first-order valence-electron chi connectivity index (χ1n) is 6.50. The smallest absolute Gasteiger partial charge is 0.211 e. The molecule has 0 saturated heterocycles. The van der Waals surface area contributed by atoms with Gasteiger partial charge in [-0.25, -0.2) is 18.1 Å². The molecule has 0 spiro atoms. The van der Waals surface area contributed by atoms with E-state index >= 15 is 0 Å². The van der Waals surface area contributed by atoms with Gasteiger partial charge in [0, 0.05) is 37.8 Å². The molecule has 0 amide bonds. The minimum atomic E-state index is -3.22. The van der Waals surface area contributed by atoms with Gasteiger partial charge >= 0.3 is 0 Å². The molecule has 2 N–H and O–H groups in total. The van der Waals surface area contributed by atoms with Gasteiger partial charge in [-0.1, -0.05) is 0 Å². The maximum atomic E-state index is 11.8. The van der Waals surface area contributed by atoms with Gasteiger partial charge in [0.15, 0.2) is 0 Å². The molecule has 0 aliphatic carbocycles. The Morgan fingerprint density at radius 1 is 1.15 bits per heavy atom. The molecule has 6 nitrogen and oxygen atoms in total. The lowest BCUT2D eigenvalue weighted by atomic mass is 10.2. The molecular weight excluding hydrogens is 276 g/mol. The zero-order valence-electron chi connectivity index (χ0n) is 11.1. The standard InChI is InChI=1S/C13H18N4O2S/c18-20(19,11-5-12-3-7-14-8-4-12)17-6-1-2-13-15-9-10-16-13/h3-4,7-10,17H,1-2,5-6,11H2,(H,15,16). The van der Waals surface area contributed by atoms with Crippen LogP contribution in [0.15, 0.2) is 36.9 Å². The number of imidazole rings is 1. The Hall–Kier alpha value is -1.73. The molecular formula is C13H18N4O2S. The Morgan fingerprint density at radius 2 is 1.95 bits per heavy atom. The van der Waals surface area contributed by atoms with Crippen molar-refractivity contribution in [2.75, 3.05) is 12.3 Å². The van der Waals surface area contributed by atoms with Crippen LogP contribution in [0.4, 0.5) is 0 Å². The first-order valence-corrected chi connectivity index (χ1v) is 8.15. The van der Waals surface area contributed by atoms with Crippen molar-refractivity contribution in [2.45, 2.75) is 19.3 Å². The number of aryl methyl sites for hydroxylation is 2. The van der Waals surface area contributed by atoms with Gasteiger partial charge in [-0.15, -0.1) is 0 Å². The van der Waals surface area contributed by atoms with Crippen molar-refractivity contribution in [3.05, 3.63) is 48.3 Å². The number of rotatable bonds is 8. The monoisotopic (exact) mass is 294 g/mol. The molecule has 2 aromatic heterocycles. The predicted molar refractivity (Wildman–Crippen MR) is 76.6 cm³/mol. The number of sulfonamides is 1. The molecule has 0 atom stereocenters. The molecule has 108 valence electrons. The van der Waals surface area contributed by atoms with Crippen molar-refractivity contribution >= 4 is 10.0 Å². The minimum absolute atomic E-state index is 0.0950. The van der Waals surface area contributed by atoms with Gasteiger partial charge in [-0.05, 0) is 30.5 Å². The maximum absolute atomic E-state index is 11.8. The van der Waals surface area contributed by atoms with Crippen LogP contribution in [0, 0.1) is 0 Å². The van der Waals surface area contributed by atoms with E-state index in [0.717, 1.165) is 24.2 Å². The number of aromatic nitrogens is 3. The average molecular weight is 294 g/mol. The fourth-order valence-corrected chi connectivity index (χ4v) is 2.90. The summed E-state index contributed by atoms with van der Waals surface area (Å²) in [6, 6.07) is 3.65. The fraction of sp³-hybridized carbons (Fsp3) is 0.385. The molecule has 0 aliphatic heterocycles. The van der Waals surface area contributed by atoms with E-state index in [0.29, 0.717) is 13.0 Å². The van der Waals surface area contributed by atoms with E-state index in [4.69, 9.17) is 0 Å². The molecule has 7 heteroatoms. The Bertz CT molecular complexity index is 597. The van der Waals surface area contributed by atoms with E-state index in [9.17, 15) is 8.42 Å². The first kappa shape index (κ1) is 14.7. The number of hydrogen-bond donors (Lipinski definition) is 2. The highest BCUT2D eigenvalue weighted by Gasteiger charge is 2.09. The van der Waals surface area contributed by atoms with Gasteiger partial charge < -0.3 is 4.98 Å². The summed E-state index contributed by atoms with van der Waals surface area (Å²) in [5, 5.41) is 0. The average Bonchev–Trinajstić information content (AvgIpc) is 2.96. The number of aromatic amines is 1. The first-order chi connectivity index (χ1) is 9.66. The van der Waals surface area contributed by atoms with Crippen molar-refractivity contribution in [1.82, 2.24) is 19.7 Å². The fourth-order valence-electron chi connectivity index (χ4n) is 1.79. The van der Waals surface area contributed by atoms with Crippen LogP contribution < -0.4 is 4.72 Å². The van der Waals surface area contributed by atoms with Crippen LogP contribution in [0.1, 0.15) is 17.8 Å². The highest BCUT2D eigenvalue weighted by Crippen LogP contribution is 2.00. The Kier molecular flexibility index (Phi) is 5.25. The van der Waals surface area contributed by atoms with Crippen LogP contribution in [-0.2, 0) is 22.9 Å². The predicted octanol–water partition coefficient (Wildman–Crippen LogP) is 0.899. The van der Waals surface area contributed by atoms with Gasteiger partial charge in [0.2, 0.25) is 10.0 Å². The summed E-state index contributed by atoms with van der Waals surface area (Å²) >= 11 is 0. The molecule has 2 aromatic rings. The number of nitrogens with one attached hydrogen (secondary N) is 2. The molecule has 2 rings (SSSR count). The number of hydrogen-bond acceptors (Lipinski definition) is 4. The summed E-state index contributed by atoms with van der Waals surface area (Å²) in [5.74, 6) is 0.971. The zero-order valence-corrected chi connectivity index (χ0v) is 11.9. The topological polar surface area (TPSA) is 87.7 Å². The van der Waals surface area contributed by atoms with Crippen LogP contribution in [0.3, 0.4) is 0 Å². The molecule has 0 aliphatic rings. The third-order valence-corrected chi connectivity index (χ3v) is 4.26. The van der Waals surface area contributed by atoms with Gasteiger partial charge in [0.05, 0.1) is 5.75 Å². The highest BCUT2D eigenvalue weighted by molar-refractivity contribution is 7.89. The SMILES string of the molecule is O=S(=O)(CCc1ccncc1)NCCCc1ncc[nH]1. The number of pyridine rings is 1. The Morgan fingerprint density at radius 3 is 2.65 bits per heavy atom. The zero-order chi connectivity index (χ0) is 14.3. The van der Waals surface area contributed by atoms with Gasteiger partial charge in [-0.2, -0.15) is 0 Å². The van der Waals surface area contributed by atoms with E-state index in [1.54, 1.807) is 24.8 Å². The maximum Gasteiger partial charge on any atom is 0.211 e. The van der Waals surface area contributed by atoms with E-state index in [2.05, 4.69) is 19.7 Å². The van der Waals surface area contributed by atoms with Crippen LogP contribution in [-0.4, -0.2) is 35.7 Å². The van der Waals surface area contributed by atoms with E-state index in [1.807, 2.05) is 12.1 Å². The number of nitrogens with zero attached hydrogens (tertiary/aromatic N) is 2. The van der Waals surface area contributed by atoms with E-state index in [-0.39, 0.29) is 5.75 Å². The van der Waals surface area contributed by atoms with E-state index < -0.39 is 10.0 Å². The summed E-state index contributed by atoms with van der Waals surface area (Å²) in [6.45, 7) is 0.430. The molecule has 0 bridgehead atoms. The summed E-state index contributed by atoms with van der Waals surface area (Å²) in [7, 11) is -3.22. The molecule has 2 heterocycles. The Labute approximate surface area is 118 Å². The summed E-state index contributed by atoms with van der Waals surface area (Å²) in [6.07, 6.45) is 8.73. The second-order valence-corrected chi connectivity index (χ2v) is 6.38. The second-order valence-electron chi connectivity index (χ2n) is 4.46. The molecule has 20 heavy (non-hydrogen) atoms. The summed E-state index contributed by atoms with van der Waals surface area (Å²) in [4.78, 5) is 11.0. The van der Waals surface area contributed by atoms with Gasteiger partial charge in [-0.3, -0.25) is 4.98 Å². The van der Waals surface area contributed by atoms with Crippen LogP contribution in [0.25, 0.3) is 0 Å². The van der Waals surface area contributed by atoms with Crippen LogP contribution in [0.5, 0.6) is 0 Å². The third-order valence-electron chi connectivity index (χ3n) is 2.88. The summed E-state index contributed by atoms with van der Waals surface area (Å²) < 4.78 is 26.2. The quantitative estimate of drug-likeness (QED) is 0.708. The Balaban J connectivity index is 1.68. The molecule has 0 unspecified atom stereocenters. The van der Waals surface area contributed by atoms with Crippen LogP contribution >= 0.6 is 0 Å². The van der Waals surface area contributed by atoms with Crippen molar-refractivity contribution in [2.24, 2.45) is 0 Å². The highest BCUT2D eigenvalue weighted by atomic mass is 32.2. The second kappa shape index (κ2) is 7.16. The van der Waals surface area contributed by atoms with Crippen LogP contribution in [0.2, 0.25) is 0 Å². The lowest BCUT2D eigenvalue weighted by molar-refractivity contribution is 0.577. The molecule has 0 radical (unpaired) electrons. The number of H-pyrrole nitrogens is 1. The molecule has 0 fully saturated rings. The largest absolute Gasteiger partial charge is 0.349 e. The normalized spacial score (nSPS) is 11.6. The van der Waals surface area contributed by atoms with Crippen molar-refractivity contribution in [3.8, 4) is 0 Å². The van der Waals surface area contributed by atoms with E-state index in [1.165, 1.54) is 0 Å². The lowest BCUT2D eigenvalue weighted by Gasteiger charge is -2.06. The van der Waals surface area contributed by atoms with Crippen molar-refractivity contribution < 1.29 is 8.42 Å².